The maximum absolute atomic E-state index is 14.1. The predicted octanol–water partition coefficient (Wildman–Crippen LogP) is 1.28. The molecule has 1 saturated carbocycles. The molecule has 0 bridgehead atoms. The van der Waals surface area contributed by atoms with Gasteiger partial charge in [-0.25, -0.2) is 4.39 Å². The van der Waals surface area contributed by atoms with Gasteiger partial charge in [-0.2, -0.15) is 0 Å². The van der Waals surface area contributed by atoms with Crippen LogP contribution in [0.25, 0.3) is 0 Å². The number of nitrogens with one attached hydrogen (secondary N) is 2. The molecule has 2 unspecified atom stereocenters. The smallest absolute Gasteiger partial charge is 0.251 e. The molecule has 7 nitrogen and oxygen atoms in total. The Bertz CT molecular complexity index is 706. The van der Waals surface area contributed by atoms with Crippen LogP contribution in [0.2, 0.25) is 0 Å². The van der Waals surface area contributed by atoms with Gasteiger partial charge in [0.05, 0.1) is 11.6 Å². The lowest BCUT2D eigenvalue weighted by Crippen LogP contribution is -2.51. The minimum absolute atomic E-state index is 0.00723. The highest BCUT2D eigenvalue weighted by Gasteiger charge is 2.38. The molecule has 2 rings (SSSR count). The molecule has 8 heteroatoms. The number of amides is 3. The Hall–Kier alpha value is -2.48. The number of rotatable bonds is 6. The van der Waals surface area contributed by atoms with E-state index in [0.29, 0.717) is 6.42 Å². The van der Waals surface area contributed by atoms with Crippen LogP contribution < -0.4 is 22.1 Å². The van der Waals surface area contributed by atoms with Crippen LogP contribution >= 0.6 is 0 Å². The van der Waals surface area contributed by atoms with E-state index in [4.69, 9.17) is 11.5 Å². The lowest BCUT2D eigenvalue weighted by Gasteiger charge is -2.37. The molecular weight excluding hydrogens is 339 g/mol. The highest BCUT2D eigenvalue weighted by atomic mass is 19.1. The van der Waals surface area contributed by atoms with Gasteiger partial charge in [-0.15, -0.1) is 0 Å². The SMILES string of the molecule is CC1(N)CCCCC1C(=O)Nc1cc(C(=O)NCCC(N)=O)ccc1F. The number of halogens is 1. The molecule has 0 aliphatic heterocycles. The van der Waals surface area contributed by atoms with Gasteiger partial charge < -0.3 is 22.1 Å². The number of nitrogens with two attached hydrogens (primary N) is 2. The first-order chi connectivity index (χ1) is 12.2. The number of anilines is 1. The Labute approximate surface area is 151 Å². The normalized spacial score (nSPS) is 22.5. The fraction of sp³-hybridized carbons (Fsp3) is 0.500. The minimum atomic E-state index is -0.637. The van der Waals surface area contributed by atoms with E-state index in [0.717, 1.165) is 25.3 Å². The van der Waals surface area contributed by atoms with Crippen LogP contribution in [0.3, 0.4) is 0 Å². The fourth-order valence-corrected chi connectivity index (χ4v) is 3.17. The van der Waals surface area contributed by atoms with Crippen molar-refractivity contribution in [2.45, 2.75) is 44.6 Å². The average molecular weight is 364 g/mol. The first kappa shape index (κ1) is 19.8. The van der Waals surface area contributed by atoms with Crippen LogP contribution in [0.15, 0.2) is 18.2 Å². The van der Waals surface area contributed by atoms with Crippen molar-refractivity contribution in [2.24, 2.45) is 17.4 Å². The Balaban J connectivity index is 2.08. The molecular formula is C18H25FN4O3. The molecule has 1 aromatic rings. The molecule has 2 atom stereocenters. The van der Waals surface area contributed by atoms with Crippen LogP contribution in [0.4, 0.5) is 10.1 Å². The lowest BCUT2D eigenvalue weighted by atomic mass is 9.74. The molecule has 0 aromatic heterocycles. The van der Waals surface area contributed by atoms with Gasteiger partial charge in [-0.1, -0.05) is 12.8 Å². The van der Waals surface area contributed by atoms with Gasteiger partial charge in [-0.05, 0) is 38.0 Å². The third kappa shape index (κ3) is 5.01. The first-order valence-electron chi connectivity index (χ1n) is 8.66. The van der Waals surface area contributed by atoms with Gasteiger partial charge >= 0.3 is 0 Å². The molecule has 6 N–H and O–H groups in total. The summed E-state index contributed by atoms with van der Waals surface area (Å²) in [6.07, 6.45) is 3.25. The van der Waals surface area contributed by atoms with Gasteiger partial charge in [0.2, 0.25) is 11.8 Å². The topological polar surface area (TPSA) is 127 Å². The maximum atomic E-state index is 14.1. The standard InChI is InChI=1S/C18H25FN4O3/c1-18(21)8-3-2-4-12(18)17(26)23-14-10-11(5-6-13(14)19)16(25)22-9-7-15(20)24/h5-6,10,12H,2-4,7-9,21H2,1H3,(H2,20,24)(H,22,25)(H,23,26). The van der Waals surface area contributed by atoms with Crippen molar-refractivity contribution >= 4 is 23.4 Å². The average Bonchev–Trinajstić information content (AvgIpc) is 2.55. The highest BCUT2D eigenvalue weighted by Crippen LogP contribution is 2.32. The van der Waals surface area contributed by atoms with Gasteiger partial charge in [0.25, 0.3) is 5.91 Å². The first-order valence-corrected chi connectivity index (χ1v) is 8.66. The minimum Gasteiger partial charge on any atom is -0.370 e. The zero-order chi connectivity index (χ0) is 19.3. The van der Waals surface area contributed by atoms with E-state index in [2.05, 4.69) is 10.6 Å². The van der Waals surface area contributed by atoms with Gasteiger partial charge in [-0.3, -0.25) is 14.4 Å². The summed E-state index contributed by atoms with van der Waals surface area (Å²) < 4.78 is 14.1. The summed E-state index contributed by atoms with van der Waals surface area (Å²) in [6, 6.07) is 3.68. The van der Waals surface area contributed by atoms with E-state index in [1.165, 1.54) is 12.1 Å². The fourth-order valence-electron chi connectivity index (χ4n) is 3.17. The van der Waals surface area contributed by atoms with Crippen LogP contribution in [0.1, 0.15) is 49.4 Å². The summed E-state index contributed by atoms with van der Waals surface area (Å²) in [5, 5.41) is 5.07. The lowest BCUT2D eigenvalue weighted by molar-refractivity contribution is -0.123. The highest BCUT2D eigenvalue weighted by molar-refractivity contribution is 5.98. The second-order valence-corrected chi connectivity index (χ2v) is 6.96. The third-order valence-corrected chi connectivity index (χ3v) is 4.71. The quantitative estimate of drug-likeness (QED) is 0.606. The Morgan fingerprint density at radius 2 is 2.04 bits per heavy atom. The monoisotopic (exact) mass is 364 g/mol. The van der Waals surface area contributed by atoms with Crippen LogP contribution in [0.5, 0.6) is 0 Å². The van der Waals surface area contributed by atoms with Gasteiger partial charge in [0.1, 0.15) is 5.82 Å². The Morgan fingerprint density at radius 1 is 1.31 bits per heavy atom. The largest absolute Gasteiger partial charge is 0.370 e. The van der Waals surface area contributed by atoms with Gasteiger partial charge in [0, 0.05) is 24.1 Å². The van der Waals surface area contributed by atoms with Crippen molar-refractivity contribution < 1.29 is 18.8 Å². The van der Waals surface area contributed by atoms with E-state index < -0.39 is 29.1 Å². The number of benzene rings is 1. The summed E-state index contributed by atoms with van der Waals surface area (Å²) in [7, 11) is 0. The maximum Gasteiger partial charge on any atom is 0.251 e. The second kappa shape index (κ2) is 8.27. The van der Waals surface area contributed by atoms with Crippen molar-refractivity contribution in [2.75, 3.05) is 11.9 Å². The number of primary amides is 1. The molecule has 1 aliphatic carbocycles. The molecule has 1 aromatic carbocycles. The molecule has 0 radical (unpaired) electrons. The van der Waals surface area contributed by atoms with E-state index >= 15 is 0 Å². The zero-order valence-electron chi connectivity index (χ0n) is 14.8. The molecule has 0 heterocycles. The Morgan fingerprint density at radius 3 is 2.69 bits per heavy atom. The number of hydrogen-bond donors (Lipinski definition) is 4. The molecule has 1 aliphatic rings. The number of carbonyl (C=O) groups is 3. The van der Waals surface area contributed by atoms with Crippen molar-refractivity contribution in [3.05, 3.63) is 29.6 Å². The number of carbonyl (C=O) groups excluding carboxylic acids is 3. The van der Waals surface area contributed by atoms with Gasteiger partial charge in [0.15, 0.2) is 0 Å². The molecule has 26 heavy (non-hydrogen) atoms. The predicted molar refractivity (Wildman–Crippen MR) is 95.7 cm³/mol. The Kier molecular flexibility index (Phi) is 6.31. The zero-order valence-corrected chi connectivity index (χ0v) is 14.8. The summed E-state index contributed by atoms with van der Waals surface area (Å²) in [4.78, 5) is 35.3. The third-order valence-electron chi connectivity index (χ3n) is 4.71. The van der Waals surface area contributed by atoms with E-state index in [1.807, 2.05) is 6.92 Å². The van der Waals surface area contributed by atoms with Crippen LogP contribution in [0, 0.1) is 11.7 Å². The van der Waals surface area contributed by atoms with Crippen molar-refractivity contribution in [3.63, 3.8) is 0 Å². The van der Waals surface area contributed by atoms with Crippen LogP contribution in [-0.4, -0.2) is 29.8 Å². The van der Waals surface area contributed by atoms with E-state index in [9.17, 15) is 18.8 Å². The molecule has 3 amide bonds. The molecule has 0 spiro atoms. The summed E-state index contributed by atoms with van der Waals surface area (Å²) in [6.45, 7) is 1.91. The molecule has 142 valence electrons. The second-order valence-electron chi connectivity index (χ2n) is 6.96. The van der Waals surface area contributed by atoms with Crippen molar-refractivity contribution in [1.29, 1.82) is 0 Å². The van der Waals surface area contributed by atoms with E-state index in [1.54, 1.807) is 0 Å². The summed E-state index contributed by atoms with van der Waals surface area (Å²) in [5.74, 6) is -2.41. The molecule has 1 fully saturated rings. The molecule has 0 saturated heterocycles. The summed E-state index contributed by atoms with van der Waals surface area (Å²) >= 11 is 0. The van der Waals surface area contributed by atoms with Crippen molar-refractivity contribution in [3.8, 4) is 0 Å². The number of hydrogen-bond acceptors (Lipinski definition) is 4. The van der Waals surface area contributed by atoms with E-state index in [-0.39, 0.29) is 30.1 Å². The summed E-state index contributed by atoms with van der Waals surface area (Å²) in [5.41, 5.74) is 10.7. The van der Waals surface area contributed by atoms with Crippen molar-refractivity contribution in [1.82, 2.24) is 5.32 Å². The van der Waals surface area contributed by atoms with Crippen LogP contribution in [-0.2, 0) is 9.59 Å².